The van der Waals surface area contributed by atoms with Gasteiger partial charge in [-0.15, -0.1) is 10.1 Å². The second-order valence-electron chi connectivity index (χ2n) is 0.238. The van der Waals surface area contributed by atoms with Crippen LogP contribution in [0.1, 0.15) is 0 Å². The van der Waals surface area contributed by atoms with Gasteiger partial charge in [0.05, 0.1) is 0 Å². The van der Waals surface area contributed by atoms with Gasteiger partial charge in [0.25, 0.3) is 5.09 Å². The Hall–Kier alpha value is 0.377. The molecule has 0 aromatic heterocycles. The van der Waals surface area contributed by atoms with Crippen LogP contribution in [0.15, 0.2) is 0 Å². The quantitative estimate of drug-likeness (QED) is 0.441. The summed E-state index contributed by atoms with van der Waals surface area (Å²) in [5, 5.41) is 13.6. The van der Waals surface area contributed by atoms with E-state index in [2.05, 4.69) is 0 Å². The second kappa shape index (κ2) is 9.03. The predicted molar refractivity (Wildman–Crippen MR) is 9.47 cm³/mol. The summed E-state index contributed by atoms with van der Waals surface area (Å²) in [5.41, 5.74) is 0. The van der Waals surface area contributed by atoms with Crippen LogP contribution in [0, 0.1) is 49.9 Å². The van der Waals surface area contributed by atoms with Crippen LogP contribution < -0.4 is 0 Å². The van der Waals surface area contributed by atoms with E-state index in [9.17, 15) is 0 Å². The topological polar surface area (TPSA) is 80.4 Å². The van der Waals surface area contributed by atoms with Crippen LogP contribution in [-0.4, -0.2) is 10.3 Å². The number of hydrogen-bond acceptors (Lipinski definition) is 3. The van der Waals surface area contributed by atoms with Crippen molar-refractivity contribution in [2.24, 2.45) is 0 Å². The van der Waals surface area contributed by atoms with Crippen molar-refractivity contribution in [3.63, 3.8) is 0 Å². The van der Waals surface area contributed by atoms with Gasteiger partial charge in [0.15, 0.2) is 0 Å². The average molecular weight is 219 g/mol. The molecule has 0 radical (unpaired) electrons. The summed E-state index contributed by atoms with van der Waals surface area (Å²) in [6, 6.07) is 0. The van der Waals surface area contributed by atoms with Crippen LogP contribution in [0.25, 0.3) is 0 Å². The fourth-order valence-electron chi connectivity index (χ4n) is 0. The number of nitrogens with zero attached hydrogens (tertiary/aromatic N) is 1. The van der Waals surface area contributed by atoms with Gasteiger partial charge >= 0.3 is 40.7 Å². The molecule has 34 valence electrons. The van der Waals surface area contributed by atoms with E-state index >= 15 is 0 Å². The molecular weight excluding hydrogens is 218 g/mol. The molecule has 0 aliphatic carbocycles. The van der Waals surface area contributed by atoms with Crippen molar-refractivity contribution in [3.05, 3.63) is 10.1 Å². The molecule has 1 N–H and O–H groups in total. The first-order valence-electron chi connectivity index (χ1n) is 0.769. The van der Waals surface area contributed by atoms with E-state index in [0.29, 0.717) is 0 Å². The van der Waals surface area contributed by atoms with Crippen molar-refractivity contribution in [2.45, 2.75) is 0 Å². The van der Waals surface area contributed by atoms with E-state index < -0.39 is 5.09 Å². The molecule has 0 fully saturated rings. The fourth-order valence-corrected chi connectivity index (χ4v) is 0. The summed E-state index contributed by atoms with van der Waals surface area (Å²) >= 11 is 0.0556. The molecule has 0 unspecified atom stereocenters. The molecule has 0 atom stereocenters. The van der Waals surface area contributed by atoms with E-state index in [1.807, 2.05) is 0 Å². The van der Waals surface area contributed by atoms with E-state index in [-0.39, 0.29) is 39.8 Å². The van der Waals surface area contributed by atoms with Crippen LogP contribution in [0.3, 0.4) is 0 Å². The van der Waals surface area contributed by atoms with Gasteiger partial charge in [0, 0.05) is 0 Å². The van der Waals surface area contributed by atoms with Crippen molar-refractivity contribution in [3.8, 4) is 0 Å². The zero-order chi connectivity index (χ0) is 5.58. The van der Waals surface area contributed by atoms with Crippen LogP contribution in [0.5, 0.6) is 0 Å². The Kier molecular flexibility index (Phi) is 14.5. The summed E-state index contributed by atoms with van der Waals surface area (Å²) in [7, 11) is 0. The summed E-state index contributed by atoms with van der Waals surface area (Å²) in [6.45, 7) is 0. The molecule has 0 saturated heterocycles. The van der Waals surface area contributed by atoms with Gasteiger partial charge in [0.2, 0.25) is 0 Å². The Morgan fingerprint density at radius 3 is 1.67 bits per heavy atom. The molecular formula is HCeNO4. The summed E-state index contributed by atoms with van der Waals surface area (Å²) in [5.74, 6) is 0. The van der Waals surface area contributed by atoms with Gasteiger partial charge in [-0.25, -0.2) is 0 Å². The molecule has 0 aliphatic rings. The van der Waals surface area contributed by atoms with Crippen molar-refractivity contribution in [2.75, 3.05) is 0 Å². The minimum atomic E-state index is -1.50. The zero-order valence-corrected chi connectivity index (χ0v) is 5.76. The van der Waals surface area contributed by atoms with E-state index in [0.717, 1.165) is 0 Å². The normalized spacial score (nSPS) is 4.50. The molecule has 0 heterocycles. The molecule has 6 heteroatoms. The third-order valence-corrected chi connectivity index (χ3v) is 0. The van der Waals surface area contributed by atoms with Crippen LogP contribution in [-0.2, 0) is 0.938 Å². The Balaban J connectivity index is 0. The Morgan fingerprint density at radius 1 is 1.67 bits per heavy atom. The molecule has 0 aromatic carbocycles. The van der Waals surface area contributed by atoms with Gasteiger partial charge in [-0.2, -0.15) is 0 Å². The molecule has 0 saturated carbocycles. The molecule has 0 aromatic rings. The first-order chi connectivity index (χ1) is 2.73. The number of rotatable bonds is 0. The van der Waals surface area contributed by atoms with Crippen LogP contribution >= 0.6 is 0 Å². The standard InChI is InChI=1S/Ce.HNO3.O/c;2-1(3)4;/h;(H,2,3,4);. The minimum absolute atomic E-state index is 0.0556. The van der Waals surface area contributed by atoms with E-state index in [4.69, 9.17) is 16.3 Å². The second-order valence-corrected chi connectivity index (χ2v) is 0.238. The maximum atomic E-state index is 8.39. The van der Waals surface area contributed by atoms with Crippen molar-refractivity contribution in [1.29, 1.82) is 0 Å². The summed E-state index contributed by atoms with van der Waals surface area (Å²) in [6.07, 6.45) is 0. The number of hydrogen-bond donors (Lipinski definition) is 1. The predicted octanol–water partition coefficient (Wildman–Crippen LogP) is -0.467. The van der Waals surface area contributed by atoms with Gasteiger partial charge in [-0.05, 0) is 0 Å². The Bertz CT molecular complexity index is 38.8. The zero-order valence-electron chi connectivity index (χ0n) is 2.62. The molecule has 0 aliphatic heterocycles. The molecule has 0 bridgehead atoms. The van der Waals surface area contributed by atoms with Gasteiger partial charge in [-0.3, -0.25) is 0 Å². The van der Waals surface area contributed by atoms with Crippen molar-refractivity contribution >= 4 is 0 Å². The maximum absolute atomic E-state index is 8.39. The van der Waals surface area contributed by atoms with E-state index in [1.54, 1.807) is 0 Å². The third kappa shape index (κ3) is 352. The molecule has 0 spiro atoms. The Labute approximate surface area is 60.6 Å². The van der Waals surface area contributed by atoms with Crippen LogP contribution in [0.2, 0.25) is 0 Å². The Morgan fingerprint density at radius 2 is 1.67 bits per heavy atom. The van der Waals surface area contributed by atoms with Crippen LogP contribution in [0.4, 0.5) is 0 Å². The fraction of sp³-hybridized carbons (Fsp3) is 0. The molecule has 0 rings (SSSR count). The first kappa shape index (κ1) is 9.62. The van der Waals surface area contributed by atoms with Gasteiger partial charge in [-0.1, -0.05) is 0 Å². The monoisotopic (exact) mass is 219 g/mol. The molecule has 6 heavy (non-hydrogen) atoms. The summed E-state index contributed by atoms with van der Waals surface area (Å²) < 4.78 is 8.39. The van der Waals surface area contributed by atoms with E-state index in [1.165, 1.54) is 0 Å². The van der Waals surface area contributed by atoms with Gasteiger partial charge in [0.1, 0.15) is 0 Å². The van der Waals surface area contributed by atoms with Crippen molar-refractivity contribution in [1.82, 2.24) is 0 Å². The first-order valence-corrected chi connectivity index (χ1v) is 2.05. The summed E-state index contributed by atoms with van der Waals surface area (Å²) in [4.78, 5) is 8.36. The average Bonchev–Trinajstić information content (AvgIpc) is 1.41. The molecule has 5 nitrogen and oxygen atoms in total. The SMILES string of the molecule is O=[N+]([O-])O.[O]=[Ce]. The molecule has 0 amide bonds. The third-order valence-electron chi connectivity index (χ3n) is 0. The van der Waals surface area contributed by atoms with Crippen molar-refractivity contribution < 1.29 is 51.0 Å². The van der Waals surface area contributed by atoms with Gasteiger partial charge < -0.3 is 5.21 Å².